The number of ether oxygens (including phenoxy) is 3. The van der Waals surface area contributed by atoms with E-state index in [1.54, 1.807) is 32.2 Å². The summed E-state index contributed by atoms with van der Waals surface area (Å²) in [6.07, 6.45) is 1.80. The molecule has 0 fully saturated rings. The molecule has 1 aromatic heterocycles. The molecule has 2 aromatic rings. The summed E-state index contributed by atoms with van der Waals surface area (Å²) in [6.45, 7) is 3.76. The van der Waals surface area contributed by atoms with E-state index in [0.717, 1.165) is 0 Å². The highest BCUT2D eigenvalue weighted by atomic mass is 79.9. The third kappa shape index (κ3) is 4.89. The Morgan fingerprint density at radius 1 is 1.24 bits per heavy atom. The molecule has 12 nitrogen and oxygen atoms in total. The van der Waals surface area contributed by atoms with Crippen LogP contribution in [0.1, 0.15) is 36.6 Å². The molecule has 0 radical (unpaired) electrons. The number of pyridine rings is 1. The zero-order valence-electron chi connectivity index (χ0n) is 18.3. The Labute approximate surface area is 203 Å². The predicted octanol–water partition coefficient (Wildman–Crippen LogP) is 2.16. The summed E-state index contributed by atoms with van der Waals surface area (Å²) in [5.41, 5.74) is 13.3. The van der Waals surface area contributed by atoms with Gasteiger partial charge in [0.1, 0.15) is 29.3 Å². The summed E-state index contributed by atoms with van der Waals surface area (Å²) in [5.74, 6) is 0.440. The highest BCUT2D eigenvalue weighted by molar-refractivity contribution is 9.10. The molecule has 34 heavy (non-hydrogen) atoms. The fraction of sp³-hybridized carbons (Fsp3) is 0.286. The van der Waals surface area contributed by atoms with Crippen LogP contribution in [0.3, 0.4) is 0 Å². The van der Waals surface area contributed by atoms with E-state index in [1.807, 2.05) is 6.07 Å². The van der Waals surface area contributed by atoms with Crippen LogP contribution >= 0.6 is 15.9 Å². The van der Waals surface area contributed by atoms with Gasteiger partial charge in [0.2, 0.25) is 5.96 Å². The second-order valence-electron chi connectivity index (χ2n) is 6.75. The van der Waals surface area contributed by atoms with Gasteiger partial charge in [-0.05, 0) is 31.5 Å². The van der Waals surface area contributed by atoms with Crippen molar-refractivity contribution in [2.24, 2.45) is 4.99 Å². The van der Waals surface area contributed by atoms with Gasteiger partial charge in [-0.15, -0.1) is 0 Å². The summed E-state index contributed by atoms with van der Waals surface area (Å²) in [5, 5.41) is 23.9. The molecule has 1 aromatic carbocycles. The molecule has 0 saturated carbocycles. The Bertz CT molecular complexity index is 1230. The molecule has 1 atom stereocenters. The van der Waals surface area contributed by atoms with Crippen LogP contribution in [-0.4, -0.2) is 36.7 Å². The Morgan fingerprint density at radius 2 is 1.97 bits per heavy atom. The van der Waals surface area contributed by atoms with E-state index in [4.69, 9.17) is 30.9 Å². The van der Waals surface area contributed by atoms with Crippen molar-refractivity contribution in [1.82, 2.24) is 10.3 Å². The topological polar surface area (TPSA) is 194 Å². The fourth-order valence-corrected chi connectivity index (χ4v) is 3.83. The van der Waals surface area contributed by atoms with Crippen molar-refractivity contribution in [3.63, 3.8) is 0 Å². The molecule has 1 aliphatic rings. The third-order valence-corrected chi connectivity index (χ3v) is 5.35. The van der Waals surface area contributed by atoms with Crippen molar-refractivity contribution in [3.8, 4) is 23.8 Å². The zero-order chi connectivity index (χ0) is 24.8. The number of carbonyl (C=O) groups is 1. The number of nitrogens with one attached hydrogen (secondary N) is 2. The second-order valence-corrected chi connectivity index (χ2v) is 7.60. The molecule has 0 spiro atoms. The first-order valence-electron chi connectivity index (χ1n) is 10.1. The number of benzene rings is 1. The number of fused-ring (bicyclic) bond motifs is 1. The minimum absolute atomic E-state index is 0.0213. The summed E-state index contributed by atoms with van der Waals surface area (Å²) in [7, 11) is 0. The molecule has 0 aliphatic carbocycles. The molecule has 3 rings (SSSR count). The molecule has 0 saturated heterocycles. The van der Waals surface area contributed by atoms with E-state index in [9.17, 15) is 10.1 Å². The van der Waals surface area contributed by atoms with Gasteiger partial charge in [0.05, 0.1) is 18.9 Å². The molecule has 6 N–H and O–H groups in total. The van der Waals surface area contributed by atoms with Gasteiger partial charge in [-0.25, -0.2) is 14.8 Å². The zero-order valence-corrected chi connectivity index (χ0v) is 19.9. The number of halogens is 1. The molecular formula is C21H21BrN8O4. The van der Waals surface area contributed by atoms with E-state index in [1.165, 1.54) is 0 Å². The maximum atomic E-state index is 11.7. The van der Waals surface area contributed by atoms with E-state index in [0.29, 0.717) is 33.7 Å². The van der Waals surface area contributed by atoms with Crippen molar-refractivity contribution in [2.45, 2.75) is 19.9 Å². The van der Waals surface area contributed by atoms with Gasteiger partial charge in [0.15, 0.2) is 24.3 Å². The van der Waals surface area contributed by atoms with Gasteiger partial charge in [-0.3, -0.25) is 5.32 Å². The molecule has 0 amide bonds. The molecule has 0 bridgehead atoms. The van der Waals surface area contributed by atoms with Gasteiger partial charge < -0.3 is 31.0 Å². The van der Waals surface area contributed by atoms with Crippen molar-refractivity contribution in [1.29, 1.82) is 10.5 Å². The molecular weight excluding hydrogens is 508 g/mol. The lowest BCUT2D eigenvalue weighted by molar-refractivity contribution is -0.145. The van der Waals surface area contributed by atoms with Crippen LogP contribution in [-0.2, 0) is 9.53 Å². The average molecular weight is 529 g/mol. The number of aromatic nitrogens is 1. The minimum atomic E-state index is -0.792. The number of esters is 1. The largest absolute Gasteiger partial charge is 0.490 e. The monoisotopic (exact) mass is 528 g/mol. The lowest BCUT2D eigenvalue weighted by atomic mass is 9.95. The summed E-state index contributed by atoms with van der Waals surface area (Å²) in [4.78, 5) is 20.5. The van der Waals surface area contributed by atoms with Crippen molar-refractivity contribution in [2.75, 3.05) is 36.6 Å². The quantitative estimate of drug-likeness (QED) is 0.233. The van der Waals surface area contributed by atoms with Crippen LogP contribution in [0.15, 0.2) is 21.6 Å². The van der Waals surface area contributed by atoms with Crippen LogP contribution in [0, 0.1) is 22.8 Å². The van der Waals surface area contributed by atoms with Crippen LogP contribution in [0.5, 0.6) is 11.5 Å². The van der Waals surface area contributed by atoms with E-state index in [2.05, 4.69) is 36.5 Å². The number of nitrogen functional groups attached to an aromatic ring is 2. The molecule has 13 heteroatoms. The summed E-state index contributed by atoms with van der Waals surface area (Å²) in [6, 6.07) is 4.46. The number of nitrogens with two attached hydrogens (primary N) is 2. The highest BCUT2D eigenvalue weighted by Crippen LogP contribution is 2.45. The summed E-state index contributed by atoms with van der Waals surface area (Å²) >= 11 is 3.51. The average Bonchev–Trinajstić information content (AvgIpc) is 2.79. The number of guanidine groups is 1. The normalized spacial score (nSPS) is 13.9. The Morgan fingerprint density at radius 3 is 2.62 bits per heavy atom. The Balaban J connectivity index is 2.14. The molecule has 1 unspecified atom stereocenters. The number of hydrogen-bond donors (Lipinski definition) is 4. The van der Waals surface area contributed by atoms with Crippen LogP contribution in [0.4, 0.5) is 17.3 Å². The SMILES string of the molecule is CCOC(=O)COc1cc(Br)c(C2N=C(NC#N)Nc3nc(N)c(C#N)c(N)c32)cc1OCC. The van der Waals surface area contributed by atoms with Gasteiger partial charge in [-0.2, -0.15) is 10.5 Å². The maximum absolute atomic E-state index is 11.7. The Hall–Kier alpha value is -4.23. The minimum Gasteiger partial charge on any atom is -0.490 e. The number of nitriles is 2. The number of rotatable bonds is 7. The van der Waals surface area contributed by atoms with E-state index in [-0.39, 0.29) is 42.1 Å². The number of anilines is 3. The van der Waals surface area contributed by atoms with Gasteiger partial charge in [0, 0.05) is 10.0 Å². The van der Waals surface area contributed by atoms with E-state index >= 15 is 0 Å². The number of aliphatic imine (C=N–C) groups is 1. The smallest absolute Gasteiger partial charge is 0.344 e. The maximum Gasteiger partial charge on any atom is 0.344 e. The molecule has 1 aliphatic heterocycles. The number of hydrogen-bond acceptors (Lipinski definition) is 12. The van der Waals surface area contributed by atoms with Crippen molar-refractivity contribution < 1.29 is 19.0 Å². The molecule has 2 heterocycles. The molecule has 176 valence electrons. The van der Waals surface area contributed by atoms with Crippen molar-refractivity contribution >= 4 is 45.2 Å². The number of nitrogens with zero attached hydrogens (tertiary/aromatic N) is 4. The van der Waals surface area contributed by atoms with Crippen LogP contribution in [0.2, 0.25) is 0 Å². The summed E-state index contributed by atoms with van der Waals surface area (Å²) < 4.78 is 16.8. The fourth-order valence-electron chi connectivity index (χ4n) is 3.29. The predicted molar refractivity (Wildman–Crippen MR) is 127 cm³/mol. The lowest BCUT2D eigenvalue weighted by Gasteiger charge is -2.27. The lowest BCUT2D eigenvalue weighted by Crippen LogP contribution is -2.32. The van der Waals surface area contributed by atoms with Gasteiger partial charge in [0.25, 0.3) is 0 Å². The Kier molecular flexibility index (Phi) is 7.60. The van der Waals surface area contributed by atoms with E-state index < -0.39 is 12.0 Å². The highest BCUT2D eigenvalue weighted by Gasteiger charge is 2.31. The van der Waals surface area contributed by atoms with Crippen LogP contribution in [0.25, 0.3) is 0 Å². The second kappa shape index (κ2) is 10.6. The van der Waals surface area contributed by atoms with Gasteiger partial charge in [-0.1, -0.05) is 15.9 Å². The first-order chi connectivity index (χ1) is 16.3. The first-order valence-corrected chi connectivity index (χ1v) is 10.9. The first kappa shape index (κ1) is 24.4. The standard InChI is InChI=1S/C21H21BrN8O4/c1-3-32-13-5-10(12(22)6-14(13)34-8-15(31)33-4-2)18-16-17(25)11(7-23)19(26)29-20(16)30-21(28-18)27-9-24/h5-6,18H,3-4,8H2,1-2H3,(H6,25,26,27,28,29,30). The van der Waals surface area contributed by atoms with Crippen LogP contribution < -0.4 is 31.6 Å². The number of carbonyl (C=O) groups excluding carboxylic acids is 1. The van der Waals surface area contributed by atoms with Crippen molar-refractivity contribution in [3.05, 3.63) is 33.3 Å². The third-order valence-electron chi connectivity index (χ3n) is 4.67. The van der Waals surface area contributed by atoms with Gasteiger partial charge >= 0.3 is 5.97 Å².